The Balaban J connectivity index is 2.17. The molecule has 0 radical (unpaired) electrons. The van der Waals surface area contributed by atoms with E-state index in [0.29, 0.717) is 24.7 Å². The summed E-state index contributed by atoms with van der Waals surface area (Å²) >= 11 is 0. The Morgan fingerprint density at radius 2 is 2.25 bits per heavy atom. The van der Waals surface area contributed by atoms with Crippen LogP contribution in [0, 0.1) is 0 Å². The molecule has 1 aliphatic rings. The van der Waals surface area contributed by atoms with E-state index in [1.54, 1.807) is 0 Å². The maximum absolute atomic E-state index is 10.9. The maximum atomic E-state index is 10.9. The number of carbonyl (C=O) groups excluding carboxylic acids is 1. The van der Waals surface area contributed by atoms with Gasteiger partial charge in [0.1, 0.15) is 0 Å². The van der Waals surface area contributed by atoms with Gasteiger partial charge in [0.2, 0.25) is 5.95 Å². The van der Waals surface area contributed by atoms with E-state index in [2.05, 4.69) is 9.97 Å². The molecule has 1 fully saturated rings. The van der Waals surface area contributed by atoms with Gasteiger partial charge in [0.15, 0.2) is 0 Å². The highest BCUT2D eigenvalue weighted by atomic mass is 16.5. The van der Waals surface area contributed by atoms with Crippen molar-refractivity contribution in [2.45, 2.75) is 13.0 Å². The highest BCUT2D eigenvalue weighted by molar-refractivity contribution is 5.92. The number of nitrogens with zero attached hydrogens (tertiary/aromatic N) is 3. The van der Waals surface area contributed by atoms with E-state index < -0.39 is 5.91 Å². The van der Waals surface area contributed by atoms with Crippen LogP contribution in [-0.2, 0) is 4.74 Å². The third kappa shape index (κ3) is 2.11. The number of anilines is 1. The minimum absolute atomic E-state index is 0.244. The standard InChI is InChI=1S/C10H14N4O2/c1-7-6-16-3-2-14(7)10-12-4-8(5-13-10)9(11)15/h4-5,7H,2-3,6H2,1H3,(H2,11,15)/t7-/m0/s1. The molecule has 0 aromatic carbocycles. The summed E-state index contributed by atoms with van der Waals surface area (Å²) in [5.41, 5.74) is 5.44. The van der Waals surface area contributed by atoms with Crippen LogP contribution >= 0.6 is 0 Å². The summed E-state index contributed by atoms with van der Waals surface area (Å²) in [6.07, 6.45) is 2.90. The second-order valence-electron chi connectivity index (χ2n) is 3.75. The Bertz CT molecular complexity index is 379. The normalized spacial score (nSPS) is 20.8. The first-order valence-corrected chi connectivity index (χ1v) is 5.14. The summed E-state index contributed by atoms with van der Waals surface area (Å²) in [6.45, 7) is 4.15. The number of ether oxygens (including phenoxy) is 1. The molecule has 1 atom stereocenters. The third-order valence-electron chi connectivity index (χ3n) is 2.55. The van der Waals surface area contributed by atoms with Gasteiger partial charge in [-0.15, -0.1) is 0 Å². The van der Waals surface area contributed by atoms with Crippen LogP contribution in [0.2, 0.25) is 0 Å². The SMILES string of the molecule is C[C@H]1COCCN1c1ncc(C(N)=O)cn1. The number of nitrogens with two attached hydrogens (primary N) is 1. The molecule has 0 saturated carbocycles. The fraction of sp³-hybridized carbons (Fsp3) is 0.500. The molecule has 0 bridgehead atoms. The maximum Gasteiger partial charge on any atom is 0.251 e. The van der Waals surface area contributed by atoms with Crippen molar-refractivity contribution >= 4 is 11.9 Å². The van der Waals surface area contributed by atoms with Crippen LogP contribution < -0.4 is 10.6 Å². The van der Waals surface area contributed by atoms with Crippen molar-refractivity contribution in [1.29, 1.82) is 0 Å². The predicted molar refractivity (Wildman–Crippen MR) is 58.2 cm³/mol. The minimum Gasteiger partial charge on any atom is -0.377 e. The molecule has 86 valence electrons. The van der Waals surface area contributed by atoms with E-state index in [-0.39, 0.29) is 6.04 Å². The van der Waals surface area contributed by atoms with Gasteiger partial charge in [0, 0.05) is 18.9 Å². The van der Waals surface area contributed by atoms with Gasteiger partial charge in [0.05, 0.1) is 24.8 Å². The van der Waals surface area contributed by atoms with E-state index in [9.17, 15) is 4.79 Å². The quantitative estimate of drug-likeness (QED) is 0.749. The Hall–Kier alpha value is -1.69. The molecule has 16 heavy (non-hydrogen) atoms. The summed E-state index contributed by atoms with van der Waals surface area (Å²) in [5, 5.41) is 0. The summed E-state index contributed by atoms with van der Waals surface area (Å²) in [6, 6.07) is 0.244. The monoisotopic (exact) mass is 222 g/mol. The fourth-order valence-electron chi connectivity index (χ4n) is 1.62. The molecular weight excluding hydrogens is 208 g/mol. The van der Waals surface area contributed by atoms with Gasteiger partial charge in [0.25, 0.3) is 5.91 Å². The summed E-state index contributed by atoms with van der Waals surface area (Å²) in [7, 11) is 0. The highest BCUT2D eigenvalue weighted by Crippen LogP contribution is 2.14. The Labute approximate surface area is 93.4 Å². The number of hydrogen-bond donors (Lipinski definition) is 1. The van der Waals surface area contributed by atoms with E-state index in [1.165, 1.54) is 12.4 Å². The van der Waals surface area contributed by atoms with E-state index in [0.717, 1.165) is 6.54 Å². The van der Waals surface area contributed by atoms with Gasteiger partial charge in [-0.05, 0) is 6.92 Å². The lowest BCUT2D eigenvalue weighted by Gasteiger charge is -2.33. The third-order valence-corrected chi connectivity index (χ3v) is 2.55. The van der Waals surface area contributed by atoms with E-state index in [1.807, 2.05) is 11.8 Å². The number of aromatic nitrogens is 2. The highest BCUT2D eigenvalue weighted by Gasteiger charge is 2.21. The van der Waals surface area contributed by atoms with Gasteiger partial charge < -0.3 is 15.4 Å². The van der Waals surface area contributed by atoms with E-state index in [4.69, 9.17) is 10.5 Å². The summed E-state index contributed by atoms with van der Waals surface area (Å²) in [5.74, 6) is 0.0994. The average molecular weight is 222 g/mol. The molecule has 1 amide bonds. The number of rotatable bonds is 2. The smallest absolute Gasteiger partial charge is 0.251 e. The Kier molecular flexibility index (Phi) is 3.00. The molecule has 2 rings (SSSR count). The van der Waals surface area contributed by atoms with Crippen LogP contribution in [0.1, 0.15) is 17.3 Å². The minimum atomic E-state index is -0.512. The zero-order valence-electron chi connectivity index (χ0n) is 9.09. The van der Waals surface area contributed by atoms with Gasteiger partial charge in [-0.2, -0.15) is 0 Å². The molecule has 0 unspecified atom stereocenters. The molecule has 1 aromatic rings. The van der Waals surface area contributed by atoms with Crippen LogP contribution in [0.3, 0.4) is 0 Å². The van der Waals surface area contributed by atoms with Crippen LogP contribution in [-0.4, -0.2) is 41.7 Å². The number of primary amides is 1. The van der Waals surface area contributed by atoms with Gasteiger partial charge in [-0.25, -0.2) is 9.97 Å². The fourth-order valence-corrected chi connectivity index (χ4v) is 1.62. The second kappa shape index (κ2) is 4.44. The molecule has 2 N–H and O–H groups in total. The lowest BCUT2D eigenvalue weighted by atomic mass is 10.3. The molecule has 0 spiro atoms. The molecule has 6 heteroatoms. The van der Waals surface area contributed by atoms with Gasteiger partial charge >= 0.3 is 0 Å². The zero-order chi connectivity index (χ0) is 11.5. The first kappa shape index (κ1) is 10.8. The van der Waals surface area contributed by atoms with Crippen molar-refractivity contribution < 1.29 is 9.53 Å². The lowest BCUT2D eigenvalue weighted by Crippen LogP contribution is -2.44. The van der Waals surface area contributed by atoms with Crippen LogP contribution in [0.5, 0.6) is 0 Å². The summed E-state index contributed by atoms with van der Waals surface area (Å²) < 4.78 is 5.32. The predicted octanol–water partition coefficient (Wildman–Crippen LogP) is -0.199. The number of hydrogen-bond acceptors (Lipinski definition) is 5. The van der Waals surface area contributed by atoms with Crippen molar-refractivity contribution in [1.82, 2.24) is 9.97 Å². The molecule has 2 heterocycles. The topological polar surface area (TPSA) is 81.3 Å². The van der Waals surface area contributed by atoms with Crippen molar-refractivity contribution in [2.24, 2.45) is 5.73 Å². The molecule has 1 aliphatic heterocycles. The van der Waals surface area contributed by atoms with Gasteiger partial charge in [-0.1, -0.05) is 0 Å². The average Bonchev–Trinajstić information content (AvgIpc) is 2.30. The van der Waals surface area contributed by atoms with E-state index >= 15 is 0 Å². The number of carbonyl (C=O) groups is 1. The molecule has 0 aliphatic carbocycles. The molecular formula is C10H14N4O2. The van der Waals surface area contributed by atoms with Crippen molar-refractivity contribution in [3.8, 4) is 0 Å². The Morgan fingerprint density at radius 1 is 1.56 bits per heavy atom. The van der Waals surface area contributed by atoms with Crippen molar-refractivity contribution in [3.05, 3.63) is 18.0 Å². The van der Waals surface area contributed by atoms with Crippen LogP contribution in [0.15, 0.2) is 12.4 Å². The molecule has 6 nitrogen and oxygen atoms in total. The molecule has 1 saturated heterocycles. The first-order valence-electron chi connectivity index (χ1n) is 5.14. The number of amides is 1. The zero-order valence-corrected chi connectivity index (χ0v) is 9.09. The number of morpholine rings is 1. The van der Waals surface area contributed by atoms with Gasteiger partial charge in [-0.3, -0.25) is 4.79 Å². The molecule has 1 aromatic heterocycles. The van der Waals surface area contributed by atoms with Crippen molar-refractivity contribution in [2.75, 3.05) is 24.7 Å². The largest absolute Gasteiger partial charge is 0.377 e. The van der Waals surface area contributed by atoms with Crippen LogP contribution in [0.25, 0.3) is 0 Å². The first-order chi connectivity index (χ1) is 7.68. The summed E-state index contributed by atoms with van der Waals surface area (Å²) in [4.78, 5) is 21.2. The lowest BCUT2D eigenvalue weighted by molar-refractivity contribution is 0.0978. The Morgan fingerprint density at radius 3 is 2.81 bits per heavy atom. The van der Waals surface area contributed by atoms with Crippen molar-refractivity contribution in [3.63, 3.8) is 0 Å². The second-order valence-corrected chi connectivity index (χ2v) is 3.75. The van der Waals surface area contributed by atoms with Crippen LogP contribution in [0.4, 0.5) is 5.95 Å².